The molecule has 37 heavy (non-hydrogen) atoms. The zero-order valence-electron chi connectivity index (χ0n) is 19.0. The predicted molar refractivity (Wildman–Crippen MR) is 121 cm³/mol. The molecule has 0 bridgehead atoms. The molecule has 1 aliphatic rings. The number of aromatic amines is 1. The highest BCUT2D eigenvalue weighted by molar-refractivity contribution is 6.32. The molecule has 0 saturated heterocycles. The summed E-state index contributed by atoms with van der Waals surface area (Å²) >= 11 is 5.75. The van der Waals surface area contributed by atoms with Crippen LogP contribution in [-0.2, 0) is 11.0 Å². The molecule has 0 aliphatic carbocycles. The van der Waals surface area contributed by atoms with E-state index < -0.39 is 41.7 Å². The van der Waals surface area contributed by atoms with E-state index in [0.29, 0.717) is 23.3 Å². The fraction of sp³-hybridized carbons (Fsp3) is 0.381. The van der Waals surface area contributed by atoms with Crippen LogP contribution >= 0.6 is 11.6 Å². The van der Waals surface area contributed by atoms with E-state index in [4.69, 9.17) is 11.6 Å². The van der Waals surface area contributed by atoms with Crippen molar-refractivity contribution in [2.45, 2.75) is 38.4 Å². The van der Waals surface area contributed by atoms with Gasteiger partial charge in [-0.2, -0.15) is 23.5 Å². The Balaban J connectivity index is 1.70. The molecule has 1 aromatic carbocycles. The number of amides is 1. The molecule has 0 spiro atoms. The van der Waals surface area contributed by atoms with Crippen molar-refractivity contribution in [3.05, 3.63) is 46.5 Å². The molecular weight excluding hydrogens is 530 g/mol. The number of nitrogens with one attached hydrogen (secondary N) is 2. The van der Waals surface area contributed by atoms with Crippen molar-refractivity contribution in [1.29, 1.82) is 0 Å². The summed E-state index contributed by atoms with van der Waals surface area (Å²) in [5.74, 6) is -1.35. The molecule has 0 unspecified atom stereocenters. The Kier molecular flexibility index (Phi) is 7.43. The van der Waals surface area contributed by atoms with Crippen LogP contribution in [0.5, 0.6) is 0 Å². The molecule has 0 saturated carbocycles. The lowest BCUT2D eigenvalue weighted by Crippen LogP contribution is -2.30. The molecule has 3 aromatic rings. The van der Waals surface area contributed by atoms with Crippen molar-refractivity contribution < 1.29 is 31.1 Å². The van der Waals surface area contributed by atoms with Crippen LogP contribution < -0.4 is 10.2 Å². The Bertz CT molecular complexity index is 1310. The average Bonchev–Trinajstić information content (AvgIpc) is 3.46. The molecule has 3 heterocycles. The van der Waals surface area contributed by atoms with E-state index in [1.165, 1.54) is 12.1 Å². The van der Waals surface area contributed by atoms with Gasteiger partial charge in [-0.05, 0) is 42.8 Å². The van der Waals surface area contributed by atoms with Gasteiger partial charge in [0.2, 0.25) is 18.2 Å². The van der Waals surface area contributed by atoms with E-state index in [1.807, 2.05) is 0 Å². The number of carbonyl (C=O) groups is 1. The summed E-state index contributed by atoms with van der Waals surface area (Å²) in [4.78, 5) is 14.9. The fourth-order valence-electron chi connectivity index (χ4n) is 3.91. The van der Waals surface area contributed by atoms with Crippen LogP contribution in [0.4, 0.5) is 37.7 Å². The van der Waals surface area contributed by atoms with Crippen LogP contribution in [0.1, 0.15) is 30.3 Å². The second-order valence-electron chi connectivity index (χ2n) is 8.15. The summed E-state index contributed by atoms with van der Waals surface area (Å²) in [5, 5.41) is 18.5. The summed E-state index contributed by atoms with van der Waals surface area (Å²) in [6.07, 6.45) is -7.18. The summed E-state index contributed by atoms with van der Waals surface area (Å²) in [7, 11) is 0. The number of hydrogen-bond donors (Lipinski definition) is 2. The zero-order valence-corrected chi connectivity index (χ0v) is 19.8. The van der Waals surface area contributed by atoms with Gasteiger partial charge in [-0.25, -0.2) is 13.2 Å². The lowest BCUT2D eigenvalue weighted by Gasteiger charge is -2.27. The number of carbonyl (C=O) groups excluding carboxylic acids is 1. The van der Waals surface area contributed by atoms with E-state index in [9.17, 15) is 31.1 Å². The molecule has 0 radical (unpaired) electrons. The quantitative estimate of drug-likeness (QED) is 0.405. The van der Waals surface area contributed by atoms with Crippen molar-refractivity contribution >= 4 is 28.9 Å². The van der Waals surface area contributed by atoms with Crippen LogP contribution in [0.2, 0.25) is 5.02 Å². The van der Waals surface area contributed by atoms with Gasteiger partial charge in [0.15, 0.2) is 5.69 Å². The van der Waals surface area contributed by atoms with E-state index in [-0.39, 0.29) is 35.1 Å². The average molecular weight is 549 g/mol. The van der Waals surface area contributed by atoms with E-state index in [2.05, 4.69) is 31.0 Å². The number of anilines is 2. The molecule has 1 amide bonds. The summed E-state index contributed by atoms with van der Waals surface area (Å²) < 4.78 is 81.0. The topological polar surface area (TPSA) is 105 Å². The normalized spacial score (nSPS) is 15.2. The van der Waals surface area contributed by atoms with Gasteiger partial charge in [-0.15, -0.1) is 10.2 Å². The SMILES string of the molecule is Cc1c(Cl)c(C(F)(F)F)nn1[C@@H](CC(F)F)C(=O)Nc1ccc(N2CCC=C(F)C2)cc1-c1nn[nH]n1. The summed E-state index contributed by atoms with van der Waals surface area (Å²) in [5.41, 5.74) is -0.942. The second kappa shape index (κ2) is 10.4. The molecule has 4 rings (SSSR count). The lowest BCUT2D eigenvalue weighted by molar-refractivity contribution is -0.141. The number of hydrogen-bond acceptors (Lipinski definition) is 6. The summed E-state index contributed by atoms with van der Waals surface area (Å²) in [6.45, 7) is 1.68. The number of halogens is 7. The second-order valence-corrected chi connectivity index (χ2v) is 8.53. The number of rotatable bonds is 7. The number of H-pyrrole nitrogens is 1. The standard InChI is InChI=1S/C21H19ClF6N8O/c1-10-17(22)18(21(26,27)28)32-36(10)15(8-16(24)25)20(37)29-14-5-4-12(35-6-2-3-11(23)9-35)7-13(14)19-30-33-34-31-19/h3-5,7,15-16H,2,6,8-9H2,1H3,(H,29,37)(H,30,31,33,34)/t15-/m0/s1. The van der Waals surface area contributed by atoms with Gasteiger partial charge in [0, 0.05) is 24.2 Å². The minimum Gasteiger partial charge on any atom is -0.365 e. The Morgan fingerprint density at radius 1 is 1.30 bits per heavy atom. The molecule has 2 N–H and O–H groups in total. The third kappa shape index (κ3) is 5.70. The van der Waals surface area contributed by atoms with Gasteiger partial charge in [0.1, 0.15) is 11.9 Å². The molecule has 198 valence electrons. The molecule has 16 heteroatoms. The fourth-order valence-corrected chi connectivity index (χ4v) is 4.14. The van der Waals surface area contributed by atoms with Crippen LogP contribution in [0, 0.1) is 6.92 Å². The highest BCUT2D eigenvalue weighted by atomic mass is 35.5. The van der Waals surface area contributed by atoms with Gasteiger partial charge in [-0.3, -0.25) is 9.48 Å². The molecule has 2 aromatic heterocycles. The predicted octanol–water partition coefficient (Wildman–Crippen LogP) is 4.94. The maximum Gasteiger partial charge on any atom is 0.436 e. The van der Waals surface area contributed by atoms with Gasteiger partial charge in [0.25, 0.3) is 0 Å². The van der Waals surface area contributed by atoms with Crippen molar-refractivity contribution in [2.75, 3.05) is 23.3 Å². The van der Waals surface area contributed by atoms with Crippen molar-refractivity contribution in [1.82, 2.24) is 30.4 Å². The smallest absolute Gasteiger partial charge is 0.365 e. The Labute approximate surface area is 210 Å². The monoisotopic (exact) mass is 548 g/mol. The Hall–Kier alpha value is -3.62. The maximum absolute atomic E-state index is 13.8. The molecule has 1 aliphatic heterocycles. The number of alkyl halides is 5. The van der Waals surface area contributed by atoms with Crippen LogP contribution in [0.15, 0.2) is 30.1 Å². The minimum atomic E-state index is -4.95. The molecule has 9 nitrogen and oxygen atoms in total. The van der Waals surface area contributed by atoms with Gasteiger partial charge >= 0.3 is 6.18 Å². The highest BCUT2D eigenvalue weighted by Gasteiger charge is 2.40. The van der Waals surface area contributed by atoms with E-state index in [0.717, 1.165) is 6.92 Å². The highest BCUT2D eigenvalue weighted by Crippen LogP contribution is 2.37. The number of aromatic nitrogens is 6. The maximum atomic E-state index is 13.8. The Morgan fingerprint density at radius 3 is 2.65 bits per heavy atom. The zero-order chi connectivity index (χ0) is 26.9. The Morgan fingerprint density at radius 2 is 2.05 bits per heavy atom. The lowest BCUT2D eigenvalue weighted by atomic mass is 10.1. The van der Waals surface area contributed by atoms with Gasteiger partial charge in [0.05, 0.1) is 22.9 Å². The first-order chi connectivity index (χ1) is 17.5. The first-order valence-electron chi connectivity index (χ1n) is 10.8. The third-order valence-corrected chi connectivity index (χ3v) is 6.12. The largest absolute Gasteiger partial charge is 0.436 e. The van der Waals surface area contributed by atoms with Gasteiger partial charge in [-0.1, -0.05) is 11.6 Å². The number of nitrogens with zero attached hydrogens (tertiary/aromatic N) is 6. The molecular formula is C21H19ClF6N8O. The molecule has 1 atom stereocenters. The molecule has 0 fully saturated rings. The van der Waals surface area contributed by atoms with Crippen LogP contribution in [0.25, 0.3) is 11.4 Å². The number of benzene rings is 1. The van der Waals surface area contributed by atoms with Crippen LogP contribution in [-0.4, -0.2) is 55.8 Å². The van der Waals surface area contributed by atoms with Crippen LogP contribution in [0.3, 0.4) is 0 Å². The third-order valence-electron chi connectivity index (χ3n) is 5.66. The number of tetrazole rings is 1. The van der Waals surface area contributed by atoms with E-state index >= 15 is 0 Å². The van der Waals surface area contributed by atoms with Crippen molar-refractivity contribution in [3.63, 3.8) is 0 Å². The minimum absolute atomic E-state index is 0.0225. The first-order valence-corrected chi connectivity index (χ1v) is 11.2. The van der Waals surface area contributed by atoms with E-state index in [1.54, 1.807) is 17.0 Å². The van der Waals surface area contributed by atoms with Crippen molar-refractivity contribution in [2.24, 2.45) is 0 Å². The van der Waals surface area contributed by atoms with Crippen molar-refractivity contribution in [3.8, 4) is 11.4 Å². The van der Waals surface area contributed by atoms with Gasteiger partial charge < -0.3 is 10.2 Å². The first kappa shape index (κ1) is 26.4. The summed E-state index contributed by atoms with van der Waals surface area (Å²) in [6, 6.07) is 2.72.